The molecular formula is C15H25N5O. The summed E-state index contributed by atoms with van der Waals surface area (Å²) in [6.07, 6.45) is 8.81. The van der Waals surface area contributed by atoms with Crippen LogP contribution in [0.3, 0.4) is 0 Å². The zero-order chi connectivity index (χ0) is 14.7. The fourth-order valence-corrected chi connectivity index (χ4v) is 3.20. The summed E-state index contributed by atoms with van der Waals surface area (Å²) >= 11 is 0. The molecule has 2 N–H and O–H groups in total. The van der Waals surface area contributed by atoms with E-state index >= 15 is 0 Å². The maximum Gasteiger partial charge on any atom is 0.251 e. The first-order valence-electron chi connectivity index (χ1n) is 8.01. The van der Waals surface area contributed by atoms with E-state index in [0.29, 0.717) is 11.6 Å². The van der Waals surface area contributed by atoms with Crippen molar-refractivity contribution in [3.63, 3.8) is 0 Å². The summed E-state index contributed by atoms with van der Waals surface area (Å²) in [6.45, 7) is 6.89. The zero-order valence-electron chi connectivity index (χ0n) is 12.6. The van der Waals surface area contributed by atoms with Crippen molar-refractivity contribution in [2.75, 3.05) is 39.3 Å². The van der Waals surface area contributed by atoms with Crippen LogP contribution in [0.4, 0.5) is 0 Å². The Kier molecular flexibility index (Phi) is 4.55. The van der Waals surface area contributed by atoms with Gasteiger partial charge in [-0.05, 0) is 25.9 Å². The number of likely N-dealkylation sites (tertiary alicyclic amines) is 2. The summed E-state index contributed by atoms with van der Waals surface area (Å²) in [5.74, 6) is -0.404. The summed E-state index contributed by atoms with van der Waals surface area (Å²) in [5, 5.41) is 4.24. The smallest absolute Gasteiger partial charge is 0.251 e. The van der Waals surface area contributed by atoms with Gasteiger partial charge in [0.1, 0.15) is 0 Å². The predicted molar refractivity (Wildman–Crippen MR) is 81.1 cm³/mol. The number of amides is 1. The molecule has 1 amide bonds. The molecule has 0 atom stereocenters. The van der Waals surface area contributed by atoms with Gasteiger partial charge in [-0.1, -0.05) is 12.8 Å². The predicted octanol–water partition coefficient (Wildman–Crippen LogP) is 0.715. The number of nitrogens with two attached hydrogens (primary N) is 1. The lowest BCUT2D eigenvalue weighted by Crippen LogP contribution is -2.50. The first-order valence-corrected chi connectivity index (χ1v) is 8.01. The Morgan fingerprint density at radius 1 is 1.14 bits per heavy atom. The Labute approximate surface area is 125 Å². The highest BCUT2D eigenvalue weighted by Gasteiger charge is 2.29. The number of carbonyl (C=O) groups is 1. The number of rotatable bonds is 5. The molecule has 0 aromatic carbocycles. The molecule has 21 heavy (non-hydrogen) atoms. The van der Waals surface area contributed by atoms with E-state index < -0.39 is 5.91 Å². The number of carbonyl (C=O) groups excluding carboxylic acids is 1. The molecular weight excluding hydrogens is 266 g/mol. The highest BCUT2D eigenvalue weighted by atomic mass is 16.1. The fraction of sp³-hybridized carbons (Fsp3) is 0.733. The zero-order valence-corrected chi connectivity index (χ0v) is 12.6. The first-order chi connectivity index (χ1) is 10.2. The van der Waals surface area contributed by atoms with Crippen LogP contribution < -0.4 is 5.73 Å². The van der Waals surface area contributed by atoms with Gasteiger partial charge in [0.2, 0.25) is 0 Å². The molecule has 2 fully saturated rings. The fourth-order valence-electron chi connectivity index (χ4n) is 3.20. The van der Waals surface area contributed by atoms with E-state index in [1.807, 2.05) is 4.68 Å². The van der Waals surface area contributed by atoms with Crippen LogP contribution >= 0.6 is 0 Å². The van der Waals surface area contributed by atoms with E-state index in [4.69, 9.17) is 5.73 Å². The lowest BCUT2D eigenvalue weighted by Gasteiger charge is -2.40. The molecule has 116 valence electrons. The SMILES string of the molecule is NC(=O)c1cnn(C2CN(CCN3CCCCCC3)C2)c1. The Balaban J connectivity index is 1.40. The Bertz CT molecular complexity index is 472. The Morgan fingerprint density at radius 2 is 1.81 bits per heavy atom. The second-order valence-corrected chi connectivity index (χ2v) is 6.24. The van der Waals surface area contributed by atoms with Crippen LogP contribution in [0, 0.1) is 0 Å². The number of nitrogens with zero attached hydrogens (tertiary/aromatic N) is 4. The van der Waals surface area contributed by atoms with Crippen molar-refractivity contribution in [1.82, 2.24) is 19.6 Å². The van der Waals surface area contributed by atoms with Gasteiger partial charge in [0.25, 0.3) is 5.91 Å². The van der Waals surface area contributed by atoms with Crippen LogP contribution in [0.2, 0.25) is 0 Å². The molecule has 0 saturated carbocycles. The molecule has 3 heterocycles. The van der Waals surface area contributed by atoms with Crippen LogP contribution in [0.5, 0.6) is 0 Å². The minimum absolute atomic E-state index is 0.391. The summed E-state index contributed by atoms with van der Waals surface area (Å²) in [4.78, 5) is 16.1. The maximum atomic E-state index is 11.1. The average Bonchev–Trinajstić information content (AvgIpc) is 2.75. The number of primary amides is 1. The molecule has 0 aliphatic carbocycles. The maximum absolute atomic E-state index is 11.1. The van der Waals surface area contributed by atoms with Crippen molar-refractivity contribution in [3.8, 4) is 0 Å². The summed E-state index contributed by atoms with van der Waals surface area (Å²) in [7, 11) is 0. The molecule has 6 nitrogen and oxygen atoms in total. The molecule has 1 aromatic rings. The van der Waals surface area contributed by atoms with Gasteiger partial charge < -0.3 is 10.6 Å². The Hall–Kier alpha value is -1.40. The Morgan fingerprint density at radius 3 is 2.43 bits per heavy atom. The third-order valence-corrected chi connectivity index (χ3v) is 4.63. The molecule has 0 unspecified atom stereocenters. The van der Waals surface area contributed by atoms with Crippen molar-refractivity contribution in [1.29, 1.82) is 0 Å². The molecule has 0 spiro atoms. The molecule has 2 aliphatic rings. The molecule has 3 rings (SSSR count). The number of hydrogen-bond acceptors (Lipinski definition) is 4. The second-order valence-electron chi connectivity index (χ2n) is 6.24. The van der Waals surface area contributed by atoms with E-state index in [1.54, 1.807) is 12.4 Å². The molecule has 0 bridgehead atoms. The van der Waals surface area contributed by atoms with E-state index in [2.05, 4.69) is 14.9 Å². The summed E-state index contributed by atoms with van der Waals surface area (Å²) in [5.41, 5.74) is 5.75. The van der Waals surface area contributed by atoms with Crippen molar-refractivity contribution >= 4 is 5.91 Å². The average molecular weight is 291 g/mol. The van der Waals surface area contributed by atoms with Crippen molar-refractivity contribution in [2.45, 2.75) is 31.7 Å². The topological polar surface area (TPSA) is 67.4 Å². The van der Waals surface area contributed by atoms with Crippen LogP contribution in [0.15, 0.2) is 12.4 Å². The minimum atomic E-state index is -0.404. The van der Waals surface area contributed by atoms with E-state index in [0.717, 1.165) is 19.6 Å². The van der Waals surface area contributed by atoms with Crippen molar-refractivity contribution in [3.05, 3.63) is 18.0 Å². The largest absolute Gasteiger partial charge is 0.366 e. The third-order valence-electron chi connectivity index (χ3n) is 4.63. The van der Waals surface area contributed by atoms with Gasteiger partial charge in [0.15, 0.2) is 0 Å². The van der Waals surface area contributed by atoms with Crippen molar-refractivity contribution < 1.29 is 4.79 Å². The molecule has 2 aliphatic heterocycles. The van der Waals surface area contributed by atoms with Gasteiger partial charge in [0, 0.05) is 32.4 Å². The van der Waals surface area contributed by atoms with E-state index in [1.165, 1.54) is 45.3 Å². The van der Waals surface area contributed by atoms with Gasteiger partial charge in [-0.15, -0.1) is 0 Å². The van der Waals surface area contributed by atoms with E-state index in [-0.39, 0.29) is 0 Å². The van der Waals surface area contributed by atoms with Gasteiger partial charge in [-0.25, -0.2) is 0 Å². The highest BCUT2D eigenvalue weighted by Crippen LogP contribution is 2.20. The molecule has 2 saturated heterocycles. The monoisotopic (exact) mass is 291 g/mol. The van der Waals surface area contributed by atoms with Crippen LogP contribution in [0.25, 0.3) is 0 Å². The molecule has 1 aromatic heterocycles. The van der Waals surface area contributed by atoms with Gasteiger partial charge in [0.05, 0.1) is 17.8 Å². The number of aromatic nitrogens is 2. The van der Waals surface area contributed by atoms with Crippen LogP contribution in [0.1, 0.15) is 42.1 Å². The molecule has 0 radical (unpaired) electrons. The number of hydrogen-bond donors (Lipinski definition) is 1. The second kappa shape index (κ2) is 6.58. The van der Waals surface area contributed by atoms with Crippen LogP contribution in [-0.2, 0) is 0 Å². The summed E-state index contributed by atoms with van der Waals surface area (Å²) < 4.78 is 1.88. The van der Waals surface area contributed by atoms with Crippen LogP contribution in [-0.4, -0.2) is 64.8 Å². The van der Waals surface area contributed by atoms with Gasteiger partial charge >= 0.3 is 0 Å². The first kappa shape index (κ1) is 14.5. The minimum Gasteiger partial charge on any atom is -0.366 e. The quantitative estimate of drug-likeness (QED) is 0.868. The lowest BCUT2D eigenvalue weighted by molar-refractivity contribution is 0.0844. The van der Waals surface area contributed by atoms with Crippen molar-refractivity contribution in [2.24, 2.45) is 5.73 Å². The normalized spacial score (nSPS) is 21.9. The standard InChI is InChI=1S/C15H25N5O/c16-15(21)13-9-17-20(10-13)14-11-19(12-14)8-7-18-5-3-1-2-4-6-18/h9-10,14H,1-8,11-12H2,(H2,16,21). The lowest BCUT2D eigenvalue weighted by atomic mass is 10.1. The van der Waals surface area contributed by atoms with Gasteiger partial charge in [-0.3, -0.25) is 14.4 Å². The van der Waals surface area contributed by atoms with Gasteiger partial charge in [-0.2, -0.15) is 5.10 Å². The van der Waals surface area contributed by atoms with E-state index in [9.17, 15) is 4.79 Å². The third kappa shape index (κ3) is 3.63. The highest BCUT2D eigenvalue weighted by molar-refractivity contribution is 5.92. The molecule has 6 heteroatoms. The summed E-state index contributed by atoms with van der Waals surface area (Å²) in [6, 6.07) is 0.391.